The third-order valence-corrected chi connectivity index (χ3v) is 8.28. The van der Waals surface area contributed by atoms with Crippen LogP contribution in [0.15, 0.2) is 53.6 Å². The molecule has 0 spiro atoms. The molecule has 0 aliphatic heterocycles. The van der Waals surface area contributed by atoms with E-state index in [9.17, 15) is 19.8 Å². The summed E-state index contributed by atoms with van der Waals surface area (Å²) in [6.45, 7) is 4.05. The number of benzene rings is 3. The van der Waals surface area contributed by atoms with Crippen LogP contribution in [0.3, 0.4) is 0 Å². The first-order valence-electron chi connectivity index (χ1n) is 12.6. The smallest absolute Gasteiger partial charge is 0.193 e. The lowest BCUT2D eigenvalue weighted by atomic mass is 9.76. The van der Waals surface area contributed by atoms with Crippen LogP contribution in [-0.2, 0) is 11.3 Å². The van der Waals surface area contributed by atoms with Crippen molar-refractivity contribution in [3.63, 3.8) is 0 Å². The van der Waals surface area contributed by atoms with E-state index in [0.717, 1.165) is 16.9 Å². The SMILES string of the molecule is COc1ccc(CO[C@@H]2C3=C(C(=O)c4c2c(OC)c2cc(C)c(C=O)c(O)c2c4O)C2C(C)C2C=C3)cc1. The summed E-state index contributed by atoms with van der Waals surface area (Å²) in [4.78, 5) is 25.8. The minimum atomic E-state index is -0.691. The normalized spacial score (nSPS) is 23.1. The molecule has 0 bridgehead atoms. The number of fused-ring (bicyclic) bond motifs is 4. The van der Waals surface area contributed by atoms with Crippen LogP contribution in [-0.4, -0.2) is 36.5 Å². The first-order valence-corrected chi connectivity index (χ1v) is 12.6. The van der Waals surface area contributed by atoms with E-state index < -0.39 is 6.10 Å². The van der Waals surface area contributed by atoms with Gasteiger partial charge in [0, 0.05) is 16.5 Å². The molecule has 0 amide bonds. The molecule has 3 aliphatic carbocycles. The van der Waals surface area contributed by atoms with E-state index in [0.29, 0.717) is 40.0 Å². The van der Waals surface area contributed by atoms with E-state index in [2.05, 4.69) is 13.0 Å². The molecule has 2 N–H and O–H groups in total. The second-order valence-corrected chi connectivity index (χ2v) is 10.2. The number of phenols is 2. The number of Topliss-reactive ketones (excluding diaryl/α,β-unsaturated/α-hetero) is 1. The maximum atomic E-state index is 14.1. The first kappa shape index (κ1) is 24.2. The predicted octanol–water partition coefficient (Wildman–Crippen LogP) is 5.59. The van der Waals surface area contributed by atoms with Crippen LogP contribution in [0.1, 0.15) is 50.4 Å². The van der Waals surface area contributed by atoms with E-state index >= 15 is 0 Å². The van der Waals surface area contributed by atoms with Crippen molar-refractivity contribution in [2.24, 2.45) is 17.8 Å². The largest absolute Gasteiger partial charge is 0.506 e. The Balaban J connectivity index is 1.59. The highest BCUT2D eigenvalue weighted by Crippen LogP contribution is 2.61. The minimum Gasteiger partial charge on any atom is -0.506 e. The minimum absolute atomic E-state index is 0.0198. The third kappa shape index (κ3) is 3.31. The molecule has 38 heavy (non-hydrogen) atoms. The van der Waals surface area contributed by atoms with E-state index in [4.69, 9.17) is 14.2 Å². The van der Waals surface area contributed by atoms with Crippen molar-refractivity contribution in [2.75, 3.05) is 14.2 Å². The molecule has 3 aliphatic rings. The van der Waals surface area contributed by atoms with Crippen molar-refractivity contribution in [3.8, 4) is 23.0 Å². The highest BCUT2D eigenvalue weighted by molar-refractivity contribution is 6.20. The molecule has 0 aromatic heterocycles. The van der Waals surface area contributed by atoms with E-state index in [1.807, 2.05) is 30.3 Å². The quantitative estimate of drug-likeness (QED) is 0.415. The zero-order chi connectivity index (χ0) is 26.9. The standard InChI is InChI=1S/C31H28O7/c1-14-11-20-24(27(33)21(14)12-32)29(35)25-26(30(20)37-4)31(38-13-16-5-7-17(36-3)8-6-16)19-10-9-18-15(2)22(18)23(19)28(25)34/h5-12,15,18,22,31,33,35H,13H2,1-4H3/t15?,18?,22?,31-/m1/s1. The Bertz CT molecular complexity index is 1580. The molecule has 7 nitrogen and oxygen atoms in total. The predicted molar refractivity (Wildman–Crippen MR) is 141 cm³/mol. The number of carbonyl (C=O) groups is 2. The average Bonchev–Trinajstić information content (AvgIpc) is 3.58. The van der Waals surface area contributed by atoms with E-state index in [-0.39, 0.29) is 52.2 Å². The van der Waals surface area contributed by atoms with Gasteiger partial charge in [0.05, 0.1) is 37.3 Å². The number of methoxy groups -OCH3 is 2. The van der Waals surface area contributed by atoms with Gasteiger partial charge in [-0.3, -0.25) is 9.59 Å². The topological polar surface area (TPSA) is 102 Å². The summed E-state index contributed by atoms with van der Waals surface area (Å²) in [5.41, 5.74) is 3.37. The molecule has 1 fully saturated rings. The fourth-order valence-corrected chi connectivity index (χ4v) is 6.21. The molecule has 7 heteroatoms. The average molecular weight is 513 g/mol. The Hall–Kier alpha value is -4.10. The van der Waals surface area contributed by atoms with Gasteiger partial charge in [-0.05, 0) is 59.6 Å². The Morgan fingerprint density at radius 1 is 1.05 bits per heavy atom. The van der Waals surface area contributed by atoms with E-state index in [1.54, 1.807) is 20.1 Å². The Morgan fingerprint density at radius 2 is 1.79 bits per heavy atom. The molecule has 3 aromatic carbocycles. The first-order chi connectivity index (χ1) is 18.3. The van der Waals surface area contributed by atoms with Crippen LogP contribution >= 0.6 is 0 Å². The van der Waals surface area contributed by atoms with Crippen molar-refractivity contribution in [2.45, 2.75) is 26.6 Å². The maximum Gasteiger partial charge on any atom is 0.193 e. The van der Waals surface area contributed by atoms with Crippen molar-refractivity contribution in [1.29, 1.82) is 0 Å². The molecule has 0 heterocycles. The summed E-state index contributed by atoms with van der Waals surface area (Å²) in [5.74, 6) is 0.622. The molecule has 0 saturated heterocycles. The lowest BCUT2D eigenvalue weighted by Gasteiger charge is -2.33. The van der Waals surface area contributed by atoms with Gasteiger partial charge < -0.3 is 24.4 Å². The van der Waals surface area contributed by atoms with Gasteiger partial charge in [0.2, 0.25) is 0 Å². The number of hydrogen-bond donors (Lipinski definition) is 2. The lowest BCUT2D eigenvalue weighted by molar-refractivity contribution is 0.0596. The van der Waals surface area contributed by atoms with Crippen LogP contribution in [0.4, 0.5) is 0 Å². The summed E-state index contributed by atoms with van der Waals surface area (Å²) >= 11 is 0. The Labute approximate surface area is 219 Å². The van der Waals surface area contributed by atoms with Crippen molar-refractivity contribution in [1.82, 2.24) is 0 Å². The summed E-state index contributed by atoms with van der Waals surface area (Å²) in [6.07, 6.45) is 3.96. The van der Waals surface area contributed by atoms with Gasteiger partial charge in [0.1, 0.15) is 29.1 Å². The fraction of sp³-hybridized carbons (Fsp3) is 0.290. The van der Waals surface area contributed by atoms with Gasteiger partial charge in [-0.25, -0.2) is 0 Å². The van der Waals surface area contributed by atoms with Gasteiger partial charge in [-0.2, -0.15) is 0 Å². The van der Waals surface area contributed by atoms with Crippen molar-refractivity contribution >= 4 is 22.8 Å². The molecule has 194 valence electrons. The van der Waals surface area contributed by atoms with Crippen LogP contribution in [0.25, 0.3) is 10.8 Å². The third-order valence-electron chi connectivity index (χ3n) is 8.28. The van der Waals surface area contributed by atoms with Gasteiger partial charge in [-0.1, -0.05) is 31.2 Å². The van der Waals surface area contributed by atoms with Gasteiger partial charge in [-0.15, -0.1) is 0 Å². The summed E-state index contributed by atoms with van der Waals surface area (Å²) < 4.78 is 17.6. The molecule has 3 aromatic rings. The number of ketones is 1. The highest BCUT2D eigenvalue weighted by Gasteiger charge is 2.55. The second-order valence-electron chi connectivity index (χ2n) is 10.2. The molecular formula is C31H28O7. The van der Waals surface area contributed by atoms with Crippen LogP contribution in [0.5, 0.6) is 23.0 Å². The van der Waals surface area contributed by atoms with E-state index in [1.165, 1.54) is 7.11 Å². The maximum absolute atomic E-state index is 14.1. The lowest BCUT2D eigenvalue weighted by Crippen LogP contribution is -2.25. The summed E-state index contributed by atoms with van der Waals surface area (Å²) in [5, 5.41) is 22.9. The van der Waals surface area contributed by atoms with Crippen LogP contribution in [0.2, 0.25) is 0 Å². The number of ether oxygens (including phenoxy) is 3. The van der Waals surface area contributed by atoms with Crippen molar-refractivity contribution < 1.29 is 34.0 Å². The number of aromatic hydroxyl groups is 2. The van der Waals surface area contributed by atoms with Crippen LogP contribution in [0, 0.1) is 24.7 Å². The molecule has 4 atom stereocenters. The van der Waals surface area contributed by atoms with Crippen molar-refractivity contribution in [3.05, 3.63) is 81.4 Å². The summed E-state index contributed by atoms with van der Waals surface area (Å²) in [7, 11) is 3.09. The fourth-order valence-electron chi connectivity index (χ4n) is 6.21. The Morgan fingerprint density at radius 3 is 2.45 bits per heavy atom. The molecule has 3 unspecified atom stereocenters. The molecule has 0 radical (unpaired) electrons. The molecule has 6 rings (SSSR count). The molecular weight excluding hydrogens is 484 g/mol. The second kappa shape index (κ2) is 8.74. The Kier molecular flexibility index (Phi) is 5.58. The monoisotopic (exact) mass is 512 g/mol. The molecule has 1 saturated carbocycles. The number of phenolic OH excluding ortho intramolecular Hbond substituents is 2. The number of aldehydes is 1. The highest BCUT2D eigenvalue weighted by atomic mass is 16.5. The number of carbonyl (C=O) groups excluding carboxylic acids is 2. The van der Waals surface area contributed by atoms with Crippen LogP contribution < -0.4 is 9.47 Å². The zero-order valence-corrected chi connectivity index (χ0v) is 21.6. The number of aryl methyl sites for hydroxylation is 1. The van der Waals surface area contributed by atoms with Gasteiger partial charge >= 0.3 is 0 Å². The number of rotatable bonds is 6. The van der Waals surface area contributed by atoms with Gasteiger partial charge in [0.25, 0.3) is 0 Å². The number of hydrogen-bond acceptors (Lipinski definition) is 7. The zero-order valence-electron chi connectivity index (χ0n) is 21.6. The van der Waals surface area contributed by atoms with Gasteiger partial charge in [0.15, 0.2) is 12.1 Å². The summed E-state index contributed by atoms with van der Waals surface area (Å²) in [6, 6.07) is 9.22. The number of allylic oxidation sites excluding steroid dienone is 2.